The minimum absolute atomic E-state index is 0.0578. The summed E-state index contributed by atoms with van der Waals surface area (Å²) in [6.07, 6.45) is 3.26. The average Bonchev–Trinajstić information content (AvgIpc) is 2.83. The van der Waals surface area contributed by atoms with Gasteiger partial charge in [-0.2, -0.15) is 0 Å². The Kier molecular flexibility index (Phi) is 5.92. The molecule has 2 aliphatic heterocycles. The molecule has 1 N–H and O–H groups in total. The molecule has 0 aromatic heterocycles. The summed E-state index contributed by atoms with van der Waals surface area (Å²) in [7, 11) is 0. The van der Waals surface area contributed by atoms with E-state index in [1.807, 2.05) is 32.9 Å². The fourth-order valence-corrected chi connectivity index (χ4v) is 3.77. The highest BCUT2D eigenvalue weighted by Gasteiger charge is 2.26. The van der Waals surface area contributed by atoms with Crippen molar-refractivity contribution in [2.75, 3.05) is 31.1 Å². The lowest BCUT2D eigenvalue weighted by Crippen LogP contribution is -2.42. The van der Waals surface area contributed by atoms with Gasteiger partial charge in [0, 0.05) is 31.4 Å². The van der Waals surface area contributed by atoms with E-state index in [2.05, 4.69) is 22.3 Å². The third kappa shape index (κ3) is 5.37. The molecule has 6 nitrogen and oxygen atoms in total. The Balaban J connectivity index is 1.47. The number of likely N-dealkylation sites (tertiary alicyclic amines) is 1. The summed E-state index contributed by atoms with van der Waals surface area (Å²) in [4.78, 5) is 28.7. The Hall–Kier alpha value is -2.24. The molecular weight excluding hydrogens is 342 g/mol. The van der Waals surface area contributed by atoms with Gasteiger partial charge < -0.3 is 19.9 Å². The van der Waals surface area contributed by atoms with Gasteiger partial charge in [0.05, 0.1) is 6.54 Å². The Morgan fingerprint density at radius 3 is 2.70 bits per heavy atom. The summed E-state index contributed by atoms with van der Waals surface area (Å²) >= 11 is 0. The lowest BCUT2D eigenvalue weighted by atomic mass is 10.1. The van der Waals surface area contributed by atoms with Crippen LogP contribution in [0.2, 0.25) is 0 Å². The van der Waals surface area contributed by atoms with Gasteiger partial charge in [-0.15, -0.1) is 0 Å². The Morgan fingerprint density at radius 2 is 1.93 bits per heavy atom. The van der Waals surface area contributed by atoms with Crippen LogP contribution in [0.4, 0.5) is 10.5 Å². The maximum atomic E-state index is 12.5. The molecule has 1 aromatic carbocycles. The molecule has 1 atom stereocenters. The largest absolute Gasteiger partial charge is 0.444 e. The number of benzene rings is 1. The molecule has 0 spiro atoms. The van der Waals surface area contributed by atoms with Crippen LogP contribution in [0.1, 0.15) is 45.6 Å². The number of rotatable bonds is 3. The van der Waals surface area contributed by atoms with Crippen LogP contribution >= 0.6 is 0 Å². The number of carbonyl (C=O) groups is 2. The van der Waals surface area contributed by atoms with Gasteiger partial charge >= 0.3 is 6.09 Å². The SMILES string of the molecule is CC(C)(C)OC(=O)N1CCC[C@H](NC(=O)CN2CCc3ccccc32)CC1. The van der Waals surface area contributed by atoms with Crippen LogP contribution in [0.15, 0.2) is 24.3 Å². The van der Waals surface area contributed by atoms with E-state index in [4.69, 9.17) is 4.74 Å². The first-order chi connectivity index (χ1) is 12.8. The highest BCUT2D eigenvalue weighted by molar-refractivity contribution is 5.82. The second kappa shape index (κ2) is 8.19. The molecule has 0 unspecified atom stereocenters. The zero-order valence-corrected chi connectivity index (χ0v) is 16.7. The Morgan fingerprint density at radius 1 is 1.15 bits per heavy atom. The van der Waals surface area contributed by atoms with E-state index < -0.39 is 5.60 Å². The molecule has 2 heterocycles. The van der Waals surface area contributed by atoms with Crippen molar-refractivity contribution in [3.8, 4) is 0 Å². The first-order valence-corrected chi connectivity index (χ1v) is 9.92. The quantitative estimate of drug-likeness (QED) is 0.885. The van der Waals surface area contributed by atoms with E-state index in [1.165, 1.54) is 11.3 Å². The van der Waals surface area contributed by atoms with E-state index in [9.17, 15) is 9.59 Å². The smallest absolute Gasteiger partial charge is 0.410 e. The predicted octanol–water partition coefficient (Wildman–Crippen LogP) is 2.95. The van der Waals surface area contributed by atoms with E-state index in [0.29, 0.717) is 19.6 Å². The lowest BCUT2D eigenvalue weighted by Gasteiger charge is -2.26. The van der Waals surface area contributed by atoms with Crippen molar-refractivity contribution in [3.05, 3.63) is 29.8 Å². The molecular formula is C21H31N3O3. The monoisotopic (exact) mass is 373 g/mol. The number of para-hydroxylation sites is 1. The Labute approximate surface area is 161 Å². The van der Waals surface area contributed by atoms with Crippen molar-refractivity contribution in [1.82, 2.24) is 10.2 Å². The first-order valence-electron chi connectivity index (χ1n) is 9.92. The summed E-state index contributed by atoms with van der Waals surface area (Å²) in [5.74, 6) is 0.0578. The number of carbonyl (C=O) groups excluding carboxylic acids is 2. The molecule has 2 aliphatic rings. The van der Waals surface area contributed by atoms with Gasteiger partial charge in [-0.05, 0) is 58.1 Å². The highest BCUT2D eigenvalue weighted by Crippen LogP contribution is 2.26. The molecule has 0 saturated carbocycles. The zero-order chi connectivity index (χ0) is 19.4. The van der Waals surface area contributed by atoms with Gasteiger partial charge in [-0.1, -0.05) is 18.2 Å². The maximum absolute atomic E-state index is 12.5. The van der Waals surface area contributed by atoms with Crippen LogP contribution in [-0.4, -0.2) is 54.7 Å². The van der Waals surface area contributed by atoms with Crippen molar-refractivity contribution in [2.45, 2.75) is 58.1 Å². The lowest BCUT2D eigenvalue weighted by molar-refractivity contribution is -0.120. The molecule has 0 aliphatic carbocycles. The van der Waals surface area contributed by atoms with Crippen molar-refractivity contribution >= 4 is 17.7 Å². The summed E-state index contributed by atoms with van der Waals surface area (Å²) < 4.78 is 5.46. The van der Waals surface area contributed by atoms with Crippen LogP contribution in [0.3, 0.4) is 0 Å². The molecule has 0 radical (unpaired) electrons. The van der Waals surface area contributed by atoms with Crippen LogP contribution < -0.4 is 10.2 Å². The van der Waals surface area contributed by atoms with Crippen LogP contribution in [0.25, 0.3) is 0 Å². The van der Waals surface area contributed by atoms with E-state index in [0.717, 1.165) is 32.2 Å². The fourth-order valence-electron chi connectivity index (χ4n) is 3.77. The third-order valence-electron chi connectivity index (χ3n) is 5.06. The van der Waals surface area contributed by atoms with Crippen molar-refractivity contribution in [2.24, 2.45) is 0 Å². The van der Waals surface area contributed by atoms with Crippen molar-refractivity contribution < 1.29 is 14.3 Å². The van der Waals surface area contributed by atoms with Crippen LogP contribution in [0, 0.1) is 0 Å². The second-order valence-electron chi connectivity index (χ2n) is 8.46. The van der Waals surface area contributed by atoms with Crippen molar-refractivity contribution in [1.29, 1.82) is 0 Å². The summed E-state index contributed by atoms with van der Waals surface area (Å²) in [5, 5.41) is 3.16. The molecule has 1 aromatic rings. The first kappa shape index (κ1) is 19.5. The summed E-state index contributed by atoms with van der Waals surface area (Å²) in [5.41, 5.74) is 2.00. The van der Waals surface area contributed by atoms with Gasteiger partial charge in [-0.3, -0.25) is 4.79 Å². The van der Waals surface area contributed by atoms with E-state index >= 15 is 0 Å². The molecule has 3 rings (SSSR count). The van der Waals surface area contributed by atoms with E-state index in [-0.39, 0.29) is 18.0 Å². The van der Waals surface area contributed by atoms with Crippen molar-refractivity contribution in [3.63, 3.8) is 0 Å². The number of ether oxygens (including phenoxy) is 1. The minimum atomic E-state index is -0.483. The topological polar surface area (TPSA) is 61.9 Å². The minimum Gasteiger partial charge on any atom is -0.444 e. The molecule has 1 fully saturated rings. The third-order valence-corrected chi connectivity index (χ3v) is 5.06. The molecule has 1 saturated heterocycles. The number of hydrogen-bond donors (Lipinski definition) is 1. The molecule has 6 heteroatoms. The molecule has 148 valence electrons. The number of fused-ring (bicyclic) bond motifs is 1. The standard InChI is InChI=1S/C21H31N3O3/c1-21(2,3)27-20(26)23-12-6-8-17(11-14-23)22-19(25)15-24-13-10-16-7-4-5-9-18(16)24/h4-5,7,9,17H,6,8,10-15H2,1-3H3,(H,22,25)/t17-/m0/s1. The molecule has 0 bridgehead atoms. The maximum Gasteiger partial charge on any atom is 0.410 e. The number of amides is 2. The molecule has 2 amide bonds. The second-order valence-corrected chi connectivity index (χ2v) is 8.46. The van der Waals surface area contributed by atoms with Gasteiger partial charge in [-0.25, -0.2) is 4.79 Å². The number of anilines is 1. The summed E-state index contributed by atoms with van der Waals surface area (Å²) in [6.45, 7) is 8.22. The van der Waals surface area contributed by atoms with Crippen LogP contribution in [0.5, 0.6) is 0 Å². The average molecular weight is 373 g/mol. The number of nitrogens with one attached hydrogen (secondary N) is 1. The van der Waals surface area contributed by atoms with Gasteiger partial charge in [0.25, 0.3) is 0 Å². The highest BCUT2D eigenvalue weighted by atomic mass is 16.6. The predicted molar refractivity (Wildman–Crippen MR) is 106 cm³/mol. The van der Waals surface area contributed by atoms with Gasteiger partial charge in [0.15, 0.2) is 0 Å². The number of hydrogen-bond acceptors (Lipinski definition) is 4. The van der Waals surface area contributed by atoms with Gasteiger partial charge in [0.1, 0.15) is 5.60 Å². The normalized spacial score (nSPS) is 20.0. The fraction of sp³-hybridized carbons (Fsp3) is 0.619. The zero-order valence-electron chi connectivity index (χ0n) is 16.7. The van der Waals surface area contributed by atoms with Gasteiger partial charge in [0.2, 0.25) is 5.91 Å². The molecule has 27 heavy (non-hydrogen) atoms. The van der Waals surface area contributed by atoms with Crippen LogP contribution in [-0.2, 0) is 16.0 Å². The van der Waals surface area contributed by atoms with E-state index in [1.54, 1.807) is 4.90 Å². The summed E-state index contributed by atoms with van der Waals surface area (Å²) in [6, 6.07) is 8.39. The Bertz CT molecular complexity index is 683. The number of nitrogens with zero attached hydrogens (tertiary/aromatic N) is 2.